The van der Waals surface area contributed by atoms with Crippen molar-refractivity contribution < 1.29 is 22.8 Å². The summed E-state index contributed by atoms with van der Waals surface area (Å²) in [6.07, 6.45) is 1.33. The smallest absolute Gasteiger partial charge is 0.251 e. The van der Waals surface area contributed by atoms with Crippen LogP contribution in [0.3, 0.4) is 0 Å². The van der Waals surface area contributed by atoms with Crippen LogP contribution in [0.4, 0.5) is 0 Å². The molecule has 0 aliphatic carbocycles. The van der Waals surface area contributed by atoms with Crippen molar-refractivity contribution in [1.82, 2.24) is 19.8 Å². The van der Waals surface area contributed by atoms with E-state index in [0.717, 1.165) is 6.42 Å². The van der Waals surface area contributed by atoms with Crippen LogP contribution >= 0.6 is 0 Å². The van der Waals surface area contributed by atoms with Crippen molar-refractivity contribution in [2.45, 2.75) is 43.7 Å². The fourth-order valence-electron chi connectivity index (χ4n) is 3.09. The molecule has 1 atom stereocenters. The molecule has 0 bridgehead atoms. The molecule has 1 aromatic rings. The van der Waals surface area contributed by atoms with Crippen molar-refractivity contribution in [1.29, 1.82) is 0 Å². The van der Waals surface area contributed by atoms with Gasteiger partial charge >= 0.3 is 0 Å². The lowest BCUT2D eigenvalue weighted by atomic mass is 10.2. The Morgan fingerprint density at radius 3 is 2.38 bits per heavy atom. The first kappa shape index (κ1) is 22.8. The summed E-state index contributed by atoms with van der Waals surface area (Å²) in [7, 11) is -0.613. The van der Waals surface area contributed by atoms with Gasteiger partial charge in [-0.1, -0.05) is 0 Å². The molecule has 9 nitrogen and oxygen atoms in total. The highest BCUT2D eigenvalue weighted by Crippen LogP contribution is 2.18. The molecule has 1 fully saturated rings. The number of amides is 3. The predicted molar refractivity (Wildman–Crippen MR) is 108 cm³/mol. The van der Waals surface area contributed by atoms with Gasteiger partial charge in [0.1, 0.15) is 6.04 Å². The zero-order chi connectivity index (χ0) is 21.8. The van der Waals surface area contributed by atoms with E-state index in [1.54, 1.807) is 13.8 Å². The van der Waals surface area contributed by atoms with Gasteiger partial charge in [-0.25, -0.2) is 8.42 Å². The second kappa shape index (κ2) is 9.36. The van der Waals surface area contributed by atoms with Crippen LogP contribution in [0.15, 0.2) is 29.2 Å². The first-order chi connectivity index (χ1) is 13.6. The average molecular weight is 425 g/mol. The Hall–Kier alpha value is -2.46. The summed E-state index contributed by atoms with van der Waals surface area (Å²) in [6, 6.07) is 4.85. The number of carbonyl (C=O) groups is 3. The number of benzene rings is 1. The molecule has 3 amide bonds. The maximum Gasteiger partial charge on any atom is 0.251 e. The Bertz CT molecular complexity index is 867. The van der Waals surface area contributed by atoms with Crippen LogP contribution in [-0.4, -0.2) is 74.6 Å². The molecule has 0 saturated carbocycles. The highest BCUT2D eigenvalue weighted by molar-refractivity contribution is 7.89. The molecule has 2 rings (SSSR count). The Kier molecular flexibility index (Phi) is 7.37. The van der Waals surface area contributed by atoms with Crippen LogP contribution < -0.4 is 10.6 Å². The third-order valence-electron chi connectivity index (χ3n) is 5.04. The third-order valence-corrected chi connectivity index (χ3v) is 7.09. The van der Waals surface area contributed by atoms with Crippen LogP contribution in [0.1, 0.15) is 37.0 Å². The second-order valence-electron chi connectivity index (χ2n) is 7.18. The molecule has 2 N–H and O–H groups in total. The van der Waals surface area contributed by atoms with Gasteiger partial charge in [0, 0.05) is 32.2 Å². The maximum atomic E-state index is 12.5. The number of likely N-dealkylation sites (tertiary alicyclic amines) is 1. The fraction of sp³-hybridized carbons (Fsp3) is 0.526. The van der Waals surface area contributed by atoms with E-state index in [0.29, 0.717) is 13.0 Å². The van der Waals surface area contributed by atoms with E-state index in [4.69, 9.17) is 0 Å². The van der Waals surface area contributed by atoms with Crippen LogP contribution in [-0.2, 0) is 19.6 Å². The topological polar surface area (TPSA) is 116 Å². The molecule has 1 saturated heterocycles. The van der Waals surface area contributed by atoms with Crippen LogP contribution in [0.5, 0.6) is 0 Å². The van der Waals surface area contributed by atoms with E-state index in [-0.39, 0.29) is 34.9 Å². The number of likely N-dealkylation sites (N-methyl/N-ethyl adjacent to an activating group) is 1. The molecular formula is C19H28N4O5S. The van der Waals surface area contributed by atoms with E-state index in [9.17, 15) is 22.8 Å². The van der Waals surface area contributed by atoms with Gasteiger partial charge in [0.05, 0.1) is 11.4 Å². The molecule has 1 aromatic carbocycles. The summed E-state index contributed by atoms with van der Waals surface area (Å²) in [5.74, 6) is -1.04. The summed E-state index contributed by atoms with van der Waals surface area (Å²) in [5, 5.41) is 5.07. The van der Waals surface area contributed by atoms with E-state index < -0.39 is 22.0 Å². The van der Waals surface area contributed by atoms with Gasteiger partial charge in [-0.2, -0.15) is 4.31 Å². The van der Waals surface area contributed by atoms with Crippen molar-refractivity contribution >= 4 is 27.7 Å². The monoisotopic (exact) mass is 424 g/mol. The number of carbonyl (C=O) groups excluding carboxylic acids is 3. The lowest BCUT2D eigenvalue weighted by Crippen LogP contribution is -2.48. The first-order valence-corrected chi connectivity index (χ1v) is 10.9. The molecular weight excluding hydrogens is 396 g/mol. The van der Waals surface area contributed by atoms with Gasteiger partial charge in [-0.05, 0) is 51.0 Å². The zero-order valence-electron chi connectivity index (χ0n) is 17.1. The second-order valence-corrected chi connectivity index (χ2v) is 9.18. The van der Waals surface area contributed by atoms with Gasteiger partial charge in [0.2, 0.25) is 21.8 Å². The van der Waals surface area contributed by atoms with Crippen molar-refractivity contribution in [3.8, 4) is 0 Å². The van der Waals surface area contributed by atoms with Crippen LogP contribution in [0.2, 0.25) is 0 Å². The lowest BCUT2D eigenvalue weighted by molar-refractivity contribution is -0.137. The van der Waals surface area contributed by atoms with E-state index >= 15 is 0 Å². The molecule has 1 aliphatic rings. The minimum absolute atomic E-state index is 0.0896. The largest absolute Gasteiger partial charge is 0.357 e. The molecule has 0 aromatic heterocycles. The number of sulfonamides is 1. The summed E-state index contributed by atoms with van der Waals surface area (Å²) in [5.41, 5.74) is 0.244. The Morgan fingerprint density at radius 1 is 1.21 bits per heavy atom. The number of hydrogen-bond donors (Lipinski definition) is 2. The van der Waals surface area contributed by atoms with Gasteiger partial charge in [0.25, 0.3) is 5.91 Å². The average Bonchev–Trinajstić information content (AvgIpc) is 3.20. The van der Waals surface area contributed by atoms with E-state index in [1.807, 2.05) is 0 Å². The van der Waals surface area contributed by atoms with E-state index in [2.05, 4.69) is 10.6 Å². The number of hydrogen-bond acceptors (Lipinski definition) is 5. The van der Waals surface area contributed by atoms with Crippen molar-refractivity contribution in [3.63, 3.8) is 0 Å². The number of nitrogens with one attached hydrogen (secondary N) is 2. The quantitative estimate of drug-likeness (QED) is 0.648. The Morgan fingerprint density at radius 2 is 1.83 bits per heavy atom. The van der Waals surface area contributed by atoms with Crippen molar-refractivity contribution in [2.24, 2.45) is 0 Å². The molecule has 1 aliphatic heterocycles. The normalized spacial score (nSPS) is 16.9. The number of rotatable bonds is 7. The summed E-state index contributed by atoms with van der Waals surface area (Å²) in [4.78, 5) is 38.1. The standard InChI is InChI=1S/C19H28N4O5S/c1-13(2)22(4)29(27,28)15-9-7-14(8-10-15)18(25)21-12-17(24)23-11-5-6-16(23)19(26)20-3/h7-10,13,16H,5-6,11-12H2,1-4H3,(H,20,26)(H,21,25). The molecule has 0 radical (unpaired) electrons. The molecule has 10 heteroatoms. The Balaban J connectivity index is 1.99. The SMILES string of the molecule is CNC(=O)C1CCCN1C(=O)CNC(=O)c1ccc(S(=O)(=O)N(C)C(C)C)cc1. The van der Waals surface area contributed by atoms with Gasteiger partial charge in [-0.15, -0.1) is 0 Å². The predicted octanol–water partition coefficient (Wildman–Crippen LogP) is 0.182. The highest BCUT2D eigenvalue weighted by Gasteiger charge is 2.33. The molecule has 160 valence electrons. The van der Waals surface area contributed by atoms with Gasteiger partial charge < -0.3 is 15.5 Å². The lowest BCUT2D eigenvalue weighted by Gasteiger charge is -2.23. The first-order valence-electron chi connectivity index (χ1n) is 9.47. The molecule has 0 spiro atoms. The maximum absolute atomic E-state index is 12.5. The molecule has 29 heavy (non-hydrogen) atoms. The fourth-order valence-corrected chi connectivity index (χ4v) is 4.45. The third kappa shape index (κ3) is 5.13. The van der Waals surface area contributed by atoms with E-state index in [1.165, 1.54) is 47.6 Å². The van der Waals surface area contributed by atoms with Crippen LogP contribution in [0, 0.1) is 0 Å². The van der Waals surface area contributed by atoms with Crippen LogP contribution in [0.25, 0.3) is 0 Å². The Labute approximate surface area is 171 Å². The number of nitrogens with zero attached hydrogens (tertiary/aromatic N) is 2. The minimum atomic E-state index is -3.63. The minimum Gasteiger partial charge on any atom is -0.357 e. The van der Waals surface area contributed by atoms with Gasteiger partial charge in [0.15, 0.2) is 0 Å². The molecule has 1 heterocycles. The van der Waals surface area contributed by atoms with Gasteiger partial charge in [-0.3, -0.25) is 14.4 Å². The summed E-state index contributed by atoms with van der Waals surface area (Å²) >= 11 is 0. The zero-order valence-corrected chi connectivity index (χ0v) is 18.0. The summed E-state index contributed by atoms with van der Waals surface area (Å²) < 4.78 is 26.2. The highest BCUT2D eigenvalue weighted by atomic mass is 32.2. The molecule has 1 unspecified atom stereocenters. The summed E-state index contributed by atoms with van der Waals surface area (Å²) in [6.45, 7) is 3.78. The van der Waals surface area contributed by atoms with Crippen molar-refractivity contribution in [3.05, 3.63) is 29.8 Å². The van der Waals surface area contributed by atoms with Crippen molar-refractivity contribution in [2.75, 3.05) is 27.2 Å².